The van der Waals surface area contributed by atoms with Gasteiger partial charge in [0.15, 0.2) is 0 Å². The van der Waals surface area contributed by atoms with Crippen LogP contribution in [0.2, 0.25) is 0 Å². The molecule has 0 fully saturated rings. The van der Waals surface area contributed by atoms with Crippen LogP contribution >= 0.6 is 0 Å². The van der Waals surface area contributed by atoms with Gasteiger partial charge in [0.1, 0.15) is 6.61 Å². The van der Waals surface area contributed by atoms with Crippen LogP contribution in [0.15, 0.2) is 66.9 Å². The first kappa shape index (κ1) is 17.6. The molecule has 1 heterocycles. The third-order valence-electron chi connectivity index (χ3n) is 3.84. The normalized spacial score (nSPS) is 11.8. The number of amides is 2. The summed E-state index contributed by atoms with van der Waals surface area (Å²) in [6, 6.07) is 17.2. The van der Waals surface area contributed by atoms with Gasteiger partial charge in [-0.3, -0.25) is 9.78 Å². The molecule has 1 atom stereocenters. The van der Waals surface area contributed by atoms with E-state index in [0.29, 0.717) is 5.69 Å². The molecule has 0 bridgehead atoms. The van der Waals surface area contributed by atoms with Gasteiger partial charge in [-0.2, -0.15) is 0 Å². The van der Waals surface area contributed by atoms with Gasteiger partial charge in [-0.15, -0.1) is 0 Å². The Labute approximate surface area is 151 Å². The number of nitrogens with zero attached hydrogens (tertiary/aromatic N) is 2. The van der Waals surface area contributed by atoms with E-state index < -0.39 is 18.0 Å². The number of imide groups is 1. The zero-order valence-corrected chi connectivity index (χ0v) is 14.3. The number of hydrogen-bond donors (Lipinski definition) is 1. The predicted octanol–water partition coefficient (Wildman–Crippen LogP) is 3.25. The van der Waals surface area contributed by atoms with Crippen LogP contribution in [0.1, 0.15) is 12.5 Å². The van der Waals surface area contributed by atoms with E-state index in [1.54, 1.807) is 30.5 Å². The first-order valence-electron chi connectivity index (χ1n) is 8.21. The molecule has 0 aliphatic rings. The Kier molecular flexibility index (Phi) is 5.24. The standard InChI is InChI=1S/C20H19N3O3/c1-14(21)19(24)23(20(25)26-13-15-6-3-2-4-7-15)17-9-10-18-16(12-17)8-5-11-22-18/h2-12,14H,13,21H2,1H3/t14-/m0/s1. The second-order valence-electron chi connectivity index (χ2n) is 5.88. The van der Waals surface area contributed by atoms with E-state index in [0.717, 1.165) is 21.4 Å². The zero-order valence-electron chi connectivity index (χ0n) is 14.3. The summed E-state index contributed by atoms with van der Waals surface area (Å²) in [5, 5.41) is 0.809. The average Bonchev–Trinajstić information content (AvgIpc) is 2.67. The van der Waals surface area contributed by atoms with E-state index in [2.05, 4.69) is 4.98 Å². The summed E-state index contributed by atoms with van der Waals surface area (Å²) >= 11 is 0. The fourth-order valence-electron chi connectivity index (χ4n) is 2.51. The summed E-state index contributed by atoms with van der Waals surface area (Å²) in [5.74, 6) is -0.536. The Morgan fingerprint density at radius 1 is 1.12 bits per heavy atom. The van der Waals surface area contributed by atoms with Crippen LogP contribution < -0.4 is 10.6 Å². The molecule has 0 aliphatic heterocycles. The first-order chi connectivity index (χ1) is 12.6. The van der Waals surface area contributed by atoms with E-state index in [1.165, 1.54) is 6.92 Å². The number of hydrogen-bond acceptors (Lipinski definition) is 5. The fraction of sp³-hybridized carbons (Fsp3) is 0.150. The molecular weight excluding hydrogens is 330 g/mol. The molecule has 1 aromatic heterocycles. The fourth-order valence-corrected chi connectivity index (χ4v) is 2.51. The summed E-state index contributed by atoms with van der Waals surface area (Å²) in [6.45, 7) is 1.60. The third-order valence-corrected chi connectivity index (χ3v) is 3.84. The van der Waals surface area contributed by atoms with Crippen molar-refractivity contribution in [3.63, 3.8) is 0 Å². The molecule has 0 saturated heterocycles. The highest BCUT2D eigenvalue weighted by Gasteiger charge is 2.27. The molecule has 0 aliphatic carbocycles. The van der Waals surface area contributed by atoms with Crippen LogP contribution in [-0.4, -0.2) is 23.0 Å². The van der Waals surface area contributed by atoms with Crippen molar-refractivity contribution in [3.05, 3.63) is 72.4 Å². The van der Waals surface area contributed by atoms with E-state index >= 15 is 0 Å². The minimum absolute atomic E-state index is 0.0670. The van der Waals surface area contributed by atoms with Gasteiger partial charge in [-0.25, -0.2) is 9.69 Å². The van der Waals surface area contributed by atoms with Crippen molar-refractivity contribution in [3.8, 4) is 0 Å². The number of benzene rings is 2. The Morgan fingerprint density at radius 2 is 1.88 bits per heavy atom. The molecule has 2 N–H and O–H groups in total. The number of aromatic nitrogens is 1. The molecule has 2 amide bonds. The SMILES string of the molecule is C[C@H](N)C(=O)N(C(=O)OCc1ccccc1)c1ccc2ncccc2c1. The van der Waals surface area contributed by atoms with Gasteiger partial charge in [0.25, 0.3) is 5.91 Å². The van der Waals surface area contributed by atoms with Crippen LogP contribution in [0.5, 0.6) is 0 Å². The van der Waals surface area contributed by atoms with Gasteiger partial charge < -0.3 is 10.5 Å². The van der Waals surface area contributed by atoms with E-state index in [9.17, 15) is 9.59 Å². The average molecular weight is 349 g/mol. The van der Waals surface area contributed by atoms with Gasteiger partial charge in [0.2, 0.25) is 0 Å². The lowest BCUT2D eigenvalue weighted by atomic mass is 10.1. The molecule has 3 rings (SSSR count). The third kappa shape index (κ3) is 3.87. The molecule has 0 unspecified atom stereocenters. The van der Waals surface area contributed by atoms with Crippen molar-refractivity contribution < 1.29 is 14.3 Å². The molecule has 26 heavy (non-hydrogen) atoms. The molecule has 0 spiro atoms. The number of carbonyl (C=O) groups excluding carboxylic acids is 2. The van der Waals surface area contributed by atoms with E-state index in [1.807, 2.05) is 36.4 Å². The van der Waals surface area contributed by atoms with Crippen LogP contribution in [0.4, 0.5) is 10.5 Å². The Bertz CT molecular complexity index is 926. The van der Waals surface area contributed by atoms with Crippen molar-refractivity contribution in [2.75, 3.05) is 4.90 Å². The lowest BCUT2D eigenvalue weighted by molar-refractivity contribution is -0.119. The molecule has 0 radical (unpaired) electrons. The largest absolute Gasteiger partial charge is 0.444 e. The van der Waals surface area contributed by atoms with Crippen molar-refractivity contribution >= 4 is 28.6 Å². The summed E-state index contributed by atoms with van der Waals surface area (Å²) in [6.07, 6.45) is 0.917. The second-order valence-corrected chi connectivity index (χ2v) is 5.88. The van der Waals surface area contributed by atoms with E-state index in [4.69, 9.17) is 10.5 Å². The van der Waals surface area contributed by atoms with Crippen molar-refractivity contribution in [2.24, 2.45) is 5.73 Å². The van der Waals surface area contributed by atoms with Gasteiger partial charge in [-0.1, -0.05) is 36.4 Å². The molecule has 0 saturated carbocycles. The first-order valence-corrected chi connectivity index (χ1v) is 8.21. The molecular formula is C20H19N3O3. The minimum atomic E-state index is -0.844. The number of fused-ring (bicyclic) bond motifs is 1. The monoisotopic (exact) mass is 349 g/mol. The topological polar surface area (TPSA) is 85.5 Å². The maximum atomic E-state index is 12.6. The number of ether oxygens (including phenoxy) is 1. The smallest absolute Gasteiger partial charge is 0.421 e. The minimum Gasteiger partial charge on any atom is -0.444 e. The molecule has 132 valence electrons. The van der Waals surface area contributed by atoms with Crippen LogP contribution in [-0.2, 0) is 16.1 Å². The van der Waals surface area contributed by atoms with Crippen molar-refractivity contribution in [2.45, 2.75) is 19.6 Å². The summed E-state index contributed by atoms with van der Waals surface area (Å²) in [5.41, 5.74) is 7.71. The molecule has 6 nitrogen and oxygen atoms in total. The predicted molar refractivity (Wildman–Crippen MR) is 99.5 cm³/mol. The lowest BCUT2D eigenvalue weighted by Gasteiger charge is -2.22. The van der Waals surface area contributed by atoms with Crippen molar-refractivity contribution in [1.29, 1.82) is 0 Å². The molecule has 3 aromatic rings. The Morgan fingerprint density at radius 3 is 2.62 bits per heavy atom. The summed E-state index contributed by atoms with van der Waals surface area (Å²) < 4.78 is 5.32. The Balaban J connectivity index is 1.88. The van der Waals surface area contributed by atoms with Crippen LogP contribution in [0.3, 0.4) is 0 Å². The lowest BCUT2D eigenvalue weighted by Crippen LogP contribution is -2.46. The van der Waals surface area contributed by atoms with Crippen LogP contribution in [0, 0.1) is 0 Å². The number of anilines is 1. The number of pyridine rings is 1. The molecule has 6 heteroatoms. The maximum absolute atomic E-state index is 12.6. The highest BCUT2D eigenvalue weighted by molar-refractivity contribution is 6.14. The van der Waals surface area contributed by atoms with Gasteiger partial charge in [-0.05, 0) is 36.8 Å². The highest BCUT2D eigenvalue weighted by atomic mass is 16.6. The van der Waals surface area contributed by atoms with Gasteiger partial charge in [0.05, 0.1) is 17.2 Å². The second kappa shape index (κ2) is 7.76. The van der Waals surface area contributed by atoms with Crippen LogP contribution in [0.25, 0.3) is 10.9 Å². The summed E-state index contributed by atoms with van der Waals surface area (Å²) in [7, 11) is 0. The summed E-state index contributed by atoms with van der Waals surface area (Å²) in [4.78, 5) is 30.3. The quantitative estimate of drug-likeness (QED) is 0.781. The maximum Gasteiger partial charge on any atom is 0.421 e. The van der Waals surface area contributed by atoms with Gasteiger partial charge in [0, 0.05) is 11.6 Å². The number of rotatable bonds is 4. The van der Waals surface area contributed by atoms with Crippen molar-refractivity contribution in [1.82, 2.24) is 4.98 Å². The Hall–Kier alpha value is -3.25. The van der Waals surface area contributed by atoms with E-state index in [-0.39, 0.29) is 6.61 Å². The highest BCUT2D eigenvalue weighted by Crippen LogP contribution is 2.22. The molecule has 2 aromatic carbocycles. The van der Waals surface area contributed by atoms with Gasteiger partial charge >= 0.3 is 6.09 Å². The zero-order chi connectivity index (χ0) is 18.5. The number of nitrogens with two attached hydrogens (primary N) is 1. The number of carbonyl (C=O) groups is 2.